The first-order valence-electron chi connectivity index (χ1n) is 5.65. The fourth-order valence-electron chi connectivity index (χ4n) is 1.69. The number of nitrogens with zero attached hydrogens (tertiary/aromatic N) is 4. The Morgan fingerprint density at radius 1 is 1.32 bits per heavy atom. The average molecular weight is 278 g/mol. The van der Waals surface area contributed by atoms with Crippen LogP contribution in [0, 0.1) is 20.8 Å². The summed E-state index contributed by atoms with van der Waals surface area (Å²) in [7, 11) is 1.81. The van der Waals surface area contributed by atoms with Gasteiger partial charge in [-0.3, -0.25) is 4.68 Å². The Morgan fingerprint density at radius 2 is 2.00 bits per heavy atom. The van der Waals surface area contributed by atoms with Crippen LogP contribution in [0.5, 0.6) is 0 Å². The molecule has 6 nitrogen and oxygen atoms in total. The molecule has 19 heavy (non-hydrogen) atoms. The van der Waals surface area contributed by atoms with Gasteiger partial charge in [0.1, 0.15) is 10.1 Å². The van der Waals surface area contributed by atoms with Crippen LogP contribution >= 0.6 is 11.8 Å². The van der Waals surface area contributed by atoms with E-state index in [1.807, 2.05) is 20.0 Å². The molecule has 100 valence electrons. The number of hydrogen-bond acceptors (Lipinski definition) is 5. The average Bonchev–Trinajstić information content (AvgIpc) is 2.62. The van der Waals surface area contributed by atoms with Crippen molar-refractivity contribution in [2.45, 2.75) is 30.8 Å². The number of rotatable bonds is 3. The van der Waals surface area contributed by atoms with Crippen molar-refractivity contribution < 1.29 is 9.90 Å². The number of carboxylic acid groups (broad SMARTS) is 1. The fourth-order valence-corrected chi connectivity index (χ4v) is 2.72. The van der Waals surface area contributed by atoms with Gasteiger partial charge in [-0.15, -0.1) is 5.10 Å². The molecule has 0 radical (unpaired) electrons. The monoisotopic (exact) mass is 278 g/mol. The van der Waals surface area contributed by atoms with Crippen LogP contribution in [0.15, 0.2) is 16.1 Å². The van der Waals surface area contributed by atoms with Gasteiger partial charge in [0, 0.05) is 7.05 Å². The number of carboxylic acids is 1. The molecule has 2 rings (SSSR count). The van der Waals surface area contributed by atoms with Crippen molar-refractivity contribution in [3.05, 3.63) is 28.6 Å². The topological polar surface area (TPSA) is 80.9 Å². The summed E-state index contributed by atoms with van der Waals surface area (Å²) in [6.45, 7) is 5.37. The van der Waals surface area contributed by atoms with Gasteiger partial charge >= 0.3 is 5.97 Å². The maximum atomic E-state index is 11.4. The zero-order valence-corrected chi connectivity index (χ0v) is 11.9. The largest absolute Gasteiger partial charge is 0.478 e. The lowest BCUT2D eigenvalue weighted by molar-refractivity contribution is 0.0690. The molecule has 0 spiro atoms. The number of carbonyl (C=O) groups is 1. The molecule has 0 unspecified atom stereocenters. The van der Waals surface area contributed by atoms with Crippen molar-refractivity contribution in [3.8, 4) is 0 Å². The highest BCUT2D eigenvalue weighted by Gasteiger charge is 2.19. The van der Waals surface area contributed by atoms with E-state index >= 15 is 0 Å². The third-order valence-corrected chi connectivity index (χ3v) is 3.87. The van der Waals surface area contributed by atoms with Crippen molar-refractivity contribution in [1.82, 2.24) is 20.0 Å². The van der Waals surface area contributed by atoms with Crippen LogP contribution in [0.2, 0.25) is 0 Å². The molecular formula is C12H14N4O2S. The lowest BCUT2D eigenvalue weighted by Crippen LogP contribution is -2.08. The van der Waals surface area contributed by atoms with E-state index in [2.05, 4.69) is 15.3 Å². The summed E-state index contributed by atoms with van der Waals surface area (Å²) in [6.07, 6.45) is 0. The van der Waals surface area contributed by atoms with E-state index in [0.29, 0.717) is 16.3 Å². The van der Waals surface area contributed by atoms with Crippen LogP contribution in [-0.2, 0) is 7.05 Å². The first kappa shape index (κ1) is 13.5. The Kier molecular flexibility index (Phi) is 3.57. The Hall–Kier alpha value is -1.89. The predicted octanol–water partition coefficient (Wildman–Crippen LogP) is 1.98. The molecule has 2 aromatic rings. The maximum Gasteiger partial charge on any atom is 0.338 e. The van der Waals surface area contributed by atoms with Crippen molar-refractivity contribution in [2.75, 3.05) is 0 Å². The summed E-state index contributed by atoms with van der Waals surface area (Å²) >= 11 is 1.26. The molecule has 0 aliphatic rings. The molecular weight excluding hydrogens is 264 g/mol. The minimum Gasteiger partial charge on any atom is -0.478 e. The van der Waals surface area contributed by atoms with E-state index in [1.165, 1.54) is 11.8 Å². The van der Waals surface area contributed by atoms with E-state index in [4.69, 9.17) is 0 Å². The highest BCUT2D eigenvalue weighted by atomic mass is 32.2. The lowest BCUT2D eigenvalue weighted by atomic mass is 10.1. The fraction of sp³-hybridized carbons (Fsp3) is 0.333. The highest BCUT2D eigenvalue weighted by Crippen LogP contribution is 2.30. The smallest absolute Gasteiger partial charge is 0.338 e. The molecule has 0 bridgehead atoms. The first-order chi connectivity index (χ1) is 8.90. The lowest BCUT2D eigenvalue weighted by Gasteiger charge is -2.08. The Balaban J connectivity index is 2.49. The van der Waals surface area contributed by atoms with Gasteiger partial charge in [0.05, 0.1) is 17.0 Å². The highest BCUT2D eigenvalue weighted by molar-refractivity contribution is 7.99. The molecule has 0 aliphatic heterocycles. The third kappa shape index (κ3) is 2.60. The number of hydrogen-bond donors (Lipinski definition) is 1. The zero-order valence-electron chi connectivity index (χ0n) is 11.1. The third-order valence-electron chi connectivity index (χ3n) is 2.80. The Labute approximate surface area is 114 Å². The minimum absolute atomic E-state index is 0.205. The predicted molar refractivity (Wildman–Crippen MR) is 70.5 cm³/mol. The van der Waals surface area contributed by atoms with Gasteiger partial charge in [0.25, 0.3) is 0 Å². The SMILES string of the molecule is Cc1cc(Sc2nnc(C)c(C)c2C(=O)O)n(C)n1. The van der Waals surface area contributed by atoms with E-state index < -0.39 is 5.97 Å². The van der Waals surface area contributed by atoms with E-state index in [-0.39, 0.29) is 5.56 Å². The van der Waals surface area contributed by atoms with Gasteiger partial charge < -0.3 is 5.11 Å². The summed E-state index contributed by atoms with van der Waals surface area (Å²) in [5.74, 6) is -0.989. The zero-order chi connectivity index (χ0) is 14.2. The molecule has 2 aromatic heterocycles. The van der Waals surface area contributed by atoms with Gasteiger partial charge in [-0.2, -0.15) is 10.2 Å². The molecule has 0 saturated carbocycles. The van der Waals surface area contributed by atoms with E-state index in [1.54, 1.807) is 18.5 Å². The van der Waals surface area contributed by atoms with Gasteiger partial charge in [0.2, 0.25) is 0 Å². The van der Waals surface area contributed by atoms with Crippen LogP contribution < -0.4 is 0 Å². The molecule has 0 amide bonds. The summed E-state index contributed by atoms with van der Waals surface area (Å²) in [4.78, 5) is 11.4. The molecule has 0 saturated heterocycles. The molecule has 1 N–H and O–H groups in total. The quantitative estimate of drug-likeness (QED) is 0.924. The van der Waals surface area contributed by atoms with Crippen molar-refractivity contribution >= 4 is 17.7 Å². The number of aryl methyl sites for hydroxylation is 3. The van der Waals surface area contributed by atoms with Crippen LogP contribution in [0.1, 0.15) is 27.3 Å². The summed E-state index contributed by atoms with van der Waals surface area (Å²) in [5.41, 5.74) is 2.35. The molecule has 0 aromatic carbocycles. The van der Waals surface area contributed by atoms with Gasteiger partial charge in [-0.1, -0.05) is 0 Å². The van der Waals surface area contributed by atoms with Gasteiger partial charge in [-0.25, -0.2) is 4.79 Å². The first-order valence-corrected chi connectivity index (χ1v) is 6.47. The van der Waals surface area contributed by atoms with Gasteiger partial charge in [0.15, 0.2) is 0 Å². The van der Waals surface area contributed by atoms with Crippen molar-refractivity contribution in [1.29, 1.82) is 0 Å². The van der Waals surface area contributed by atoms with E-state index in [9.17, 15) is 9.90 Å². The minimum atomic E-state index is -0.989. The number of aromatic nitrogens is 4. The molecule has 2 heterocycles. The second kappa shape index (κ2) is 5.00. The molecule has 0 fully saturated rings. The molecule has 0 aliphatic carbocycles. The van der Waals surface area contributed by atoms with Crippen LogP contribution in [0.4, 0.5) is 0 Å². The Bertz CT molecular complexity index is 651. The summed E-state index contributed by atoms with van der Waals surface area (Å²) in [6, 6.07) is 1.88. The molecule has 7 heteroatoms. The normalized spacial score (nSPS) is 10.7. The standard InChI is InChI=1S/C12H14N4O2S/c1-6-5-9(16(4)15-6)19-11-10(12(17)18)7(2)8(3)13-14-11/h5H,1-4H3,(H,17,18). The maximum absolute atomic E-state index is 11.4. The second-order valence-corrected chi connectivity index (χ2v) is 5.25. The van der Waals surface area contributed by atoms with Crippen LogP contribution in [0.25, 0.3) is 0 Å². The van der Waals surface area contributed by atoms with Gasteiger partial charge in [-0.05, 0) is 44.2 Å². The molecule has 0 atom stereocenters. The van der Waals surface area contributed by atoms with Crippen LogP contribution in [-0.4, -0.2) is 31.1 Å². The summed E-state index contributed by atoms with van der Waals surface area (Å²) in [5, 5.41) is 22.7. The van der Waals surface area contributed by atoms with Crippen LogP contribution in [0.3, 0.4) is 0 Å². The van der Waals surface area contributed by atoms with Crippen molar-refractivity contribution in [3.63, 3.8) is 0 Å². The second-order valence-electron chi connectivity index (χ2n) is 4.25. The number of aromatic carboxylic acids is 1. The van der Waals surface area contributed by atoms with E-state index in [0.717, 1.165) is 10.7 Å². The van der Waals surface area contributed by atoms with Crippen molar-refractivity contribution in [2.24, 2.45) is 7.05 Å². The summed E-state index contributed by atoms with van der Waals surface area (Å²) < 4.78 is 1.70. The Morgan fingerprint density at radius 3 is 2.53 bits per heavy atom.